The topological polar surface area (TPSA) is 99.2 Å². The first-order valence-corrected chi connectivity index (χ1v) is 7.09. The van der Waals surface area contributed by atoms with Crippen molar-refractivity contribution in [1.82, 2.24) is 9.80 Å². The maximum absolute atomic E-state index is 12.5. The standard InChI is InChI=1S/C15H20N4O3/c1-10(2)18-9-12(13(16)17-22)14(20)19(15(18)21)8-11-6-4-3-5-7-11/h3-7,10,12,22H,8-9H2,1-2H3,(H2,16,17). The van der Waals surface area contributed by atoms with Gasteiger partial charge in [0.2, 0.25) is 5.91 Å². The maximum atomic E-state index is 12.5. The number of hydrogen-bond acceptors (Lipinski definition) is 4. The summed E-state index contributed by atoms with van der Waals surface area (Å²) in [5.41, 5.74) is 6.46. The average Bonchev–Trinajstić information content (AvgIpc) is 2.51. The van der Waals surface area contributed by atoms with E-state index in [1.165, 1.54) is 0 Å². The van der Waals surface area contributed by atoms with Gasteiger partial charge in [0.25, 0.3) is 0 Å². The highest BCUT2D eigenvalue weighted by atomic mass is 16.4. The Hall–Kier alpha value is -2.57. The van der Waals surface area contributed by atoms with Gasteiger partial charge in [-0.2, -0.15) is 0 Å². The molecule has 0 aromatic heterocycles. The minimum atomic E-state index is -0.825. The Morgan fingerprint density at radius 3 is 2.55 bits per heavy atom. The molecule has 1 aromatic carbocycles. The van der Waals surface area contributed by atoms with Gasteiger partial charge >= 0.3 is 6.03 Å². The first-order valence-electron chi connectivity index (χ1n) is 7.09. The molecule has 7 heteroatoms. The van der Waals surface area contributed by atoms with Crippen LogP contribution in [0.2, 0.25) is 0 Å². The number of rotatable bonds is 4. The number of oxime groups is 1. The van der Waals surface area contributed by atoms with E-state index in [4.69, 9.17) is 10.9 Å². The zero-order valence-corrected chi connectivity index (χ0v) is 12.6. The fourth-order valence-electron chi connectivity index (χ4n) is 2.42. The van der Waals surface area contributed by atoms with Crippen LogP contribution in [0.5, 0.6) is 0 Å². The van der Waals surface area contributed by atoms with Crippen LogP contribution >= 0.6 is 0 Å². The second kappa shape index (κ2) is 6.46. The van der Waals surface area contributed by atoms with E-state index in [0.29, 0.717) is 0 Å². The third-order valence-electron chi connectivity index (χ3n) is 3.70. The van der Waals surface area contributed by atoms with Gasteiger partial charge in [0.15, 0.2) is 5.84 Å². The summed E-state index contributed by atoms with van der Waals surface area (Å²) in [6, 6.07) is 8.79. The third kappa shape index (κ3) is 3.03. The molecule has 3 amide bonds. The summed E-state index contributed by atoms with van der Waals surface area (Å²) in [5, 5.41) is 11.8. The number of urea groups is 1. The van der Waals surface area contributed by atoms with E-state index < -0.39 is 11.8 Å². The smallest absolute Gasteiger partial charge is 0.327 e. The number of amides is 3. The lowest BCUT2D eigenvalue weighted by atomic mass is 10.0. The van der Waals surface area contributed by atoms with Crippen molar-refractivity contribution >= 4 is 17.8 Å². The van der Waals surface area contributed by atoms with E-state index >= 15 is 0 Å². The third-order valence-corrected chi connectivity index (χ3v) is 3.70. The normalized spacial score (nSPS) is 20.0. The Labute approximate surface area is 129 Å². The minimum absolute atomic E-state index is 0.0899. The second-order valence-corrected chi connectivity index (χ2v) is 5.52. The SMILES string of the molecule is CC(C)N1CC(/C(N)=N/O)C(=O)N(Cc2ccccc2)C1=O. The van der Waals surface area contributed by atoms with Gasteiger partial charge in [-0.1, -0.05) is 35.5 Å². The van der Waals surface area contributed by atoms with Crippen molar-refractivity contribution in [3.05, 3.63) is 35.9 Å². The predicted octanol–water partition coefficient (Wildman–Crippen LogP) is 1.22. The number of nitrogens with zero attached hydrogens (tertiary/aromatic N) is 3. The first kappa shape index (κ1) is 15.8. The summed E-state index contributed by atoms with van der Waals surface area (Å²) in [6.45, 7) is 4.00. The van der Waals surface area contributed by atoms with Crippen LogP contribution in [0.1, 0.15) is 19.4 Å². The van der Waals surface area contributed by atoms with E-state index in [1.54, 1.807) is 4.90 Å². The Bertz CT molecular complexity index is 586. The van der Waals surface area contributed by atoms with Crippen LogP contribution in [0.25, 0.3) is 0 Å². The molecule has 0 saturated carbocycles. The molecule has 1 aliphatic rings. The van der Waals surface area contributed by atoms with Crippen LogP contribution in [-0.2, 0) is 11.3 Å². The Kier molecular flexibility index (Phi) is 4.65. The summed E-state index contributed by atoms with van der Waals surface area (Å²) in [5.74, 6) is -1.45. The molecule has 0 radical (unpaired) electrons. The van der Waals surface area contributed by atoms with Gasteiger partial charge in [0.1, 0.15) is 5.92 Å². The lowest BCUT2D eigenvalue weighted by Crippen LogP contribution is -2.60. The van der Waals surface area contributed by atoms with E-state index in [2.05, 4.69) is 5.16 Å². The van der Waals surface area contributed by atoms with Gasteiger partial charge in [-0.05, 0) is 19.4 Å². The molecule has 1 unspecified atom stereocenters. The van der Waals surface area contributed by atoms with Gasteiger partial charge in [-0.25, -0.2) is 4.79 Å². The zero-order valence-electron chi connectivity index (χ0n) is 12.6. The summed E-state index contributed by atoms with van der Waals surface area (Å²) < 4.78 is 0. The fourth-order valence-corrected chi connectivity index (χ4v) is 2.42. The van der Waals surface area contributed by atoms with Crippen LogP contribution in [0, 0.1) is 5.92 Å². The Morgan fingerprint density at radius 2 is 2.00 bits per heavy atom. The monoisotopic (exact) mass is 304 g/mol. The van der Waals surface area contributed by atoms with Crippen molar-refractivity contribution in [2.24, 2.45) is 16.8 Å². The molecule has 1 saturated heterocycles. The highest BCUT2D eigenvalue weighted by molar-refractivity contribution is 6.09. The molecular weight excluding hydrogens is 284 g/mol. The van der Waals surface area contributed by atoms with Crippen LogP contribution in [-0.4, -0.2) is 45.4 Å². The lowest BCUT2D eigenvalue weighted by Gasteiger charge is -2.40. The van der Waals surface area contributed by atoms with Crippen LogP contribution in [0.15, 0.2) is 35.5 Å². The largest absolute Gasteiger partial charge is 0.409 e. The number of carbonyl (C=O) groups excluding carboxylic acids is 2. The quantitative estimate of drug-likeness (QED) is 0.378. The zero-order chi connectivity index (χ0) is 16.3. The minimum Gasteiger partial charge on any atom is -0.409 e. The van der Waals surface area contributed by atoms with Gasteiger partial charge in [0.05, 0.1) is 6.54 Å². The molecule has 1 atom stereocenters. The van der Waals surface area contributed by atoms with Crippen molar-refractivity contribution in [3.63, 3.8) is 0 Å². The molecule has 1 aromatic rings. The maximum Gasteiger partial charge on any atom is 0.327 e. The van der Waals surface area contributed by atoms with Crippen molar-refractivity contribution in [2.45, 2.75) is 26.4 Å². The van der Waals surface area contributed by atoms with Gasteiger partial charge < -0.3 is 15.8 Å². The Morgan fingerprint density at radius 1 is 1.36 bits per heavy atom. The number of amidine groups is 1. The Balaban J connectivity index is 2.31. The number of benzene rings is 1. The molecule has 1 aliphatic heterocycles. The van der Waals surface area contributed by atoms with Crippen molar-refractivity contribution < 1.29 is 14.8 Å². The van der Waals surface area contributed by atoms with E-state index in [0.717, 1.165) is 10.5 Å². The van der Waals surface area contributed by atoms with E-state index in [-0.39, 0.29) is 31.0 Å². The van der Waals surface area contributed by atoms with Crippen molar-refractivity contribution in [3.8, 4) is 0 Å². The van der Waals surface area contributed by atoms with Crippen molar-refractivity contribution in [1.29, 1.82) is 0 Å². The number of imide groups is 1. The molecule has 7 nitrogen and oxygen atoms in total. The summed E-state index contributed by atoms with van der Waals surface area (Å²) >= 11 is 0. The molecular formula is C15H20N4O3. The first-order chi connectivity index (χ1) is 10.5. The molecule has 0 spiro atoms. The summed E-state index contributed by atoms with van der Waals surface area (Å²) in [6.07, 6.45) is 0. The lowest BCUT2D eigenvalue weighted by molar-refractivity contribution is -0.134. The molecule has 3 N–H and O–H groups in total. The van der Waals surface area contributed by atoms with Crippen molar-refractivity contribution in [2.75, 3.05) is 6.54 Å². The molecule has 118 valence electrons. The fraction of sp³-hybridized carbons (Fsp3) is 0.400. The number of hydrogen-bond donors (Lipinski definition) is 2. The van der Waals surface area contributed by atoms with Gasteiger partial charge in [-0.3, -0.25) is 9.69 Å². The number of nitrogens with two attached hydrogens (primary N) is 1. The predicted molar refractivity (Wildman–Crippen MR) is 81.1 cm³/mol. The summed E-state index contributed by atoms with van der Waals surface area (Å²) in [7, 11) is 0. The van der Waals surface area contributed by atoms with Crippen LogP contribution in [0.4, 0.5) is 4.79 Å². The molecule has 1 heterocycles. The average molecular weight is 304 g/mol. The molecule has 0 bridgehead atoms. The highest BCUT2D eigenvalue weighted by Gasteiger charge is 2.42. The van der Waals surface area contributed by atoms with Crippen LogP contribution in [0.3, 0.4) is 0 Å². The van der Waals surface area contributed by atoms with Crippen LogP contribution < -0.4 is 5.73 Å². The van der Waals surface area contributed by atoms with E-state index in [1.807, 2.05) is 44.2 Å². The second-order valence-electron chi connectivity index (χ2n) is 5.52. The van der Waals surface area contributed by atoms with Gasteiger partial charge in [-0.15, -0.1) is 0 Å². The molecule has 22 heavy (non-hydrogen) atoms. The molecule has 2 rings (SSSR count). The highest BCUT2D eigenvalue weighted by Crippen LogP contribution is 2.21. The van der Waals surface area contributed by atoms with Gasteiger partial charge in [0, 0.05) is 12.6 Å². The van der Waals surface area contributed by atoms with E-state index in [9.17, 15) is 9.59 Å². The number of carbonyl (C=O) groups is 2. The summed E-state index contributed by atoms with van der Waals surface area (Å²) in [4.78, 5) is 27.7. The molecule has 0 aliphatic carbocycles. The molecule has 1 fully saturated rings.